The molecular weight excluding hydrogens is 258 g/mol. The first kappa shape index (κ1) is 15.3. The zero-order valence-corrected chi connectivity index (χ0v) is 13.1. The zero-order chi connectivity index (χ0) is 15.4. The van der Waals surface area contributed by atoms with Crippen LogP contribution in [-0.4, -0.2) is 5.78 Å². The van der Waals surface area contributed by atoms with E-state index in [9.17, 15) is 4.79 Å². The van der Waals surface area contributed by atoms with E-state index in [0.717, 1.165) is 36.0 Å². The standard InChI is InChI=1S/C19H23NO/c1-4-13-11-14(5-2)18(15(6-3)12-13)19(21)16-9-7-8-10-17(16)20/h7-12H,4-6,20H2,1-3H3. The SMILES string of the molecule is CCc1cc(CC)c(C(=O)c2ccccc2N)c(CC)c1. The Kier molecular flexibility index (Phi) is 4.79. The molecule has 2 heteroatoms. The predicted octanol–water partition coefficient (Wildman–Crippen LogP) is 4.19. The van der Waals surface area contributed by atoms with Gasteiger partial charge in [0.1, 0.15) is 0 Å². The van der Waals surface area contributed by atoms with Gasteiger partial charge in [0, 0.05) is 16.8 Å². The Morgan fingerprint density at radius 1 is 0.952 bits per heavy atom. The predicted molar refractivity (Wildman–Crippen MR) is 88.9 cm³/mol. The molecule has 0 aromatic heterocycles. The lowest BCUT2D eigenvalue weighted by Gasteiger charge is -2.15. The Morgan fingerprint density at radius 3 is 2.00 bits per heavy atom. The van der Waals surface area contributed by atoms with Gasteiger partial charge in [0.25, 0.3) is 0 Å². The molecule has 0 unspecified atom stereocenters. The molecule has 0 atom stereocenters. The Labute approximate surface area is 127 Å². The summed E-state index contributed by atoms with van der Waals surface area (Å²) in [6.07, 6.45) is 2.70. The van der Waals surface area contributed by atoms with Gasteiger partial charge in [-0.15, -0.1) is 0 Å². The number of hydrogen-bond acceptors (Lipinski definition) is 2. The van der Waals surface area contributed by atoms with Crippen molar-refractivity contribution < 1.29 is 4.79 Å². The van der Waals surface area contributed by atoms with Crippen molar-refractivity contribution in [3.8, 4) is 0 Å². The molecule has 2 N–H and O–H groups in total. The molecule has 2 aromatic rings. The molecule has 2 nitrogen and oxygen atoms in total. The Bertz CT molecular complexity index is 633. The summed E-state index contributed by atoms with van der Waals surface area (Å²) in [6, 6.07) is 11.6. The van der Waals surface area contributed by atoms with Crippen LogP contribution in [0.1, 0.15) is 53.4 Å². The minimum Gasteiger partial charge on any atom is -0.398 e. The van der Waals surface area contributed by atoms with E-state index in [4.69, 9.17) is 5.73 Å². The van der Waals surface area contributed by atoms with Crippen LogP contribution in [0.4, 0.5) is 5.69 Å². The summed E-state index contributed by atoms with van der Waals surface area (Å²) in [5.74, 6) is 0.0458. The number of ketones is 1. The topological polar surface area (TPSA) is 43.1 Å². The number of nitrogens with two attached hydrogens (primary N) is 1. The Morgan fingerprint density at radius 2 is 1.52 bits per heavy atom. The van der Waals surface area contributed by atoms with E-state index in [1.807, 2.05) is 18.2 Å². The largest absolute Gasteiger partial charge is 0.398 e. The Balaban J connectivity index is 2.62. The smallest absolute Gasteiger partial charge is 0.195 e. The second kappa shape index (κ2) is 6.57. The van der Waals surface area contributed by atoms with Gasteiger partial charge in [-0.3, -0.25) is 4.79 Å². The fraction of sp³-hybridized carbons (Fsp3) is 0.316. The van der Waals surface area contributed by atoms with Gasteiger partial charge < -0.3 is 5.73 Å². The first-order chi connectivity index (χ1) is 10.1. The molecule has 0 bridgehead atoms. The van der Waals surface area contributed by atoms with Crippen molar-refractivity contribution in [2.75, 3.05) is 5.73 Å². The van der Waals surface area contributed by atoms with Crippen molar-refractivity contribution in [2.24, 2.45) is 0 Å². The minimum atomic E-state index is 0.0458. The van der Waals surface area contributed by atoms with Gasteiger partial charge in [-0.2, -0.15) is 0 Å². The van der Waals surface area contributed by atoms with E-state index in [1.54, 1.807) is 6.07 Å². The van der Waals surface area contributed by atoms with Crippen LogP contribution in [0.2, 0.25) is 0 Å². The van der Waals surface area contributed by atoms with E-state index in [1.165, 1.54) is 5.56 Å². The van der Waals surface area contributed by atoms with E-state index in [0.29, 0.717) is 11.3 Å². The number of benzene rings is 2. The summed E-state index contributed by atoms with van der Waals surface area (Å²) in [6.45, 7) is 6.34. The van der Waals surface area contributed by atoms with Crippen molar-refractivity contribution in [3.05, 3.63) is 64.2 Å². The van der Waals surface area contributed by atoms with Gasteiger partial charge in [0.2, 0.25) is 0 Å². The summed E-state index contributed by atoms with van der Waals surface area (Å²) >= 11 is 0. The highest BCUT2D eigenvalue weighted by Gasteiger charge is 2.19. The highest BCUT2D eigenvalue weighted by atomic mass is 16.1. The highest BCUT2D eigenvalue weighted by Crippen LogP contribution is 2.25. The van der Waals surface area contributed by atoms with Gasteiger partial charge in [-0.05, 0) is 48.1 Å². The van der Waals surface area contributed by atoms with Gasteiger partial charge in [0.05, 0.1) is 0 Å². The number of anilines is 1. The molecule has 2 rings (SSSR count). The monoisotopic (exact) mass is 281 g/mol. The zero-order valence-electron chi connectivity index (χ0n) is 13.1. The molecule has 0 aliphatic heterocycles. The molecule has 2 aromatic carbocycles. The molecule has 21 heavy (non-hydrogen) atoms. The molecule has 0 heterocycles. The maximum Gasteiger partial charge on any atom is 0.195 e. The normalized spacial score (nSPS) is 10.6. The molecule has 0 aliphatic rings. The molecule has 0 fully saturated rings. The first-order valence-electron chi connectivity index (χ1n) is 7.66. The lowest BCUT2D eigenvalue weighted by atomic mass is 9.88. The van der Waals surface area contributed by atoms with Gasteiger partial charge in [-0.25, -0.2) is 0 Å². The summed E-state index contributed by atoms with van der Waals surface area (Å²) in [5, 5.41) is 0. The molecule has 0 saturated heterocycles. The van der Waals surface area contributed by atoms with Crippen LogP contribution < -0.4 is 5.73 Å². The number of para-hydroxylation sites is 1. The third kappa shape index (κ3) is 2.99. The van der Waals surface area contributed by atoms with Crippen molar-refractivity contribution in [3.63, 3.8) is 0 Å². The summed E-state index contributed by atoms with van der Waals surface area (Å²) in [4.78, 5) is 12.9. The molecule has 0 saturated carbocycles. The lowest BCUT2D eigenvalue weighted by molar-refractivity contribution is 0.103. The first-order valence-corrected chi connectivity index (χ1v) is 7.66. The number of rotatable bonds is 5. The molecule has 0 spiro atoms. The van der Waals surface area contributed by atoms with Gasteiger partial charge >= 0.3 is 0 Å². The molecule has 110 valence electrons. The number of carbonyl (C=O) groups excluding carboxylic acids is 1. The van der Waals surface area contributed by atoms with Crippen LogP contribution in [0.25, 0.3) is 0 Å². The van der Waals surface area contributed by atoms with Crippen molar-refractivity contribution >= 4 is 11.5 Å². The summed E-state index contributed by atoms with van der Waals surface area (Å²) in [5.41, 5.74) is 11.5. The second-order valence-electron chi connectivity index (χ2n) is 5.27. The molecule has 0 aliphatic carbocycles. The van der Waals surface area contributed by atoms with Crippen molar-refractivity contribution in [1.29, 1.82) is 0 Å². The minimum absolute atomic E-state index is 0.0458. The van der Waals surface area contributed by atoms with Gasteiger partial charge in [0.15, 0.2) is 5.78 Å². The number of nitrogen functional groups attached to an aromatic ring is 1. The van der Waals surface area contributed by atoms with Gasteiger partial charge in [-0.1, -0.05) is 45.0 Å². The maximum atomic E-state index is 12.9. The van der Waals surface area contributed by atoms with Crippen LogP contribution in [0.15, 0.2) is 36.4 Å². The number of carbonyl (C=O) groups is 1. The average Bonchev–Trinajstić information content (AvgIpc) is 2.53. The van der Waals surface area contributed by atoms with E-state index >= 15 is 0 Å². The summed E-state index contributed by atoms with van der Waals surface area (Å²) in [7, 11) is 0. The van der Waals surface area contributed by atoms with Crippen LogP contribution >= 0.6 is 0 Å². The lowest BCUT2D eigenvalue weighted by Crippen LogP contribution is -2.12. The molecular formula is C19H23NO. The second-order valence-corrected chi connectivity index (χ2v) is 5.27. The fourth-order valence-corrected chi connectivity index (χ4v) is 2.73. The quantitative estimate of drug-likeness (QED) is 0.659. The molecule has 0 radical (unpaired) electrons. The Hall–Kier alpha value is -2.09. The van der Waals surface area contributed by atoms with E-state index in [2.05, 4.69) is 32.9 Å². The summed E-state index contributed by atoms with van der Waals surface area (Å²) < 4.78 is 0. The third-order valence-electron chi connectivity index (χ3n) is 3.96. The number of hydrogen-bond donors (Lipinski definition) is 1. The van der Waals surface area contributed by atoms with Crippen LogP contribution in [0, 0.1) is 0 Å². The van der Waals surface area contributed by atoms with Crippen LogP contribution in [0.3, 0.4) is 0 Å². The van der Waals surface area contributed by atoms with Crippen molar-refractivity contribution in [1.82, 2.24) is 0 Å². The van der Waals surface area contributed by atoms with E-state index in [-0.39, 0.29) is 5.78 Å². The fourth-order valence-electron chi connectivity index (χ4n) is 2.73. The highest BCUT2D eigenvalue weighted by molar-refractivity contribution is 6.13. The maximum absolute atomic E-state index is 12.9. The van der Waals surface area contributed by atoms with Crippen molar-refractivity contribution in [2.45, 2.75) is 40.0 Å². The van der Waals surface area contributed by atoms with E-state index < -0.39 is 0 Å². The third-order valence-corrected chi connectivity index (χ3v) is 3.96. The average molecular weight is 281 g/mol. The van der Waals surface area contributed by atoms with Crippen LogP contribution in [0.5, 0.6) is 0 Å². The van der Waals surface area contributed by atoms with Crippen LogP contribution in [-0.2, 0) is 19.3 Å². The molecule has 0 amide bonds. The number of aryl methyl sites for hydroxylation is 3.